The van der Waals surface area contributed by atoms with Gasteiger partial charge in [0.05, 0.1) is 0 Å². The highest BCUT2D eigenvalue weighted by atomic mass is 19.2. The van der Waals surface area contributed by atoms with E-state index in [9.17, 15) is 22.8 Å². The van der Waals surface area contributed by atoms with E-state index in [1.54, 1.807) is 0 Å². The molecule has 28 heavy (non-hydrogen) atoms. The molecule has 4 atom stereocenters. The van der Waals surface area contributed by atoms with Gasteiger partial charge in [-0.25, -0.2) is 13.2 Å². The molecule has 5 nitrogen and oxygen atoms in total. The highest BCUT2D eigenvalue weighted by Crippen LogP contribution is 2.40. The lowest BCUT2D eigenvalue weighted by molar-refractivity contribution is -0.136. The summed E-state index contributed by atoms with van der Waals surface area (Å²) < 4.78 is 40.5. The number of benzene rings is 1. The maximum atomic E-state index is 13.9. The first kappa shape index (κ1) is 20.6. The van der Waals surface area contributed by atoms with Crippen LogP contribution in [0.2, 0.25) is 0 Å². The number of rotatable bonds is 6. The Balaban J connectivity index is 1.59. The largest absolute Gasteiger partial charge is 0.356 e. The lowest BCUT2D eigenvalue weighted by atomic mass is 9.82. The molecule has 2 bridgehead atoms. The molecule has 1 aromatic rings. The number of fused-ring (bicyclic) bond motifs is 2. The summed E-state index contributed by atoms with van der Waals surface area (Å²) in [7, 11) is 0. The van der Waals surface area contributed by atoms with Gasteiger partial charge < -0.3 is 16.0 Å². The van der Waals surface area contributed by atoms with Crippen molar-refractivity contribution in [1.29, 1.82) is 0 Å². The van der Waals surface area contributed by atoms with Crippen molar-refractivity contribution in [3.8, 4) is 0 Å². The third-order valence-electron chi connectivity index (χ3n) is 5.92. The second kappa shape index (κ2) is 8.51. The van der Waals surface area contributed by atoms with Crippen LogP contribution in [0.15, 0.2) is 12.1 Å². The van der Waals surface area contributed by atoms with Gasteiger partial charge in [0.1, 0.15) is 5.82 Å². The fourth-order valence-electron chi connectivity index (χ4n) is 4.59. The van der Waals surface area contributed by atoms with E-state index in [0.29, 0.717) is 12.6 Å². The number of hydrogen-bond donors (Lipinski definition) is 2. The van der Waals surface area contributed by atoms with Crippen LogP contribution in [0.5, 0.6) is 0 Å². The predicted octanol–water partition coefficient (Wildman–Crippen LogP) is 2.27. The SMILES string of the molecule is CC(=O)NCCC(=O)N1C2CC[C@H]1CC([C@H](N)Cc1cc(F)c(F)cc1F)C2. The van der Waals surface area contributed by atoms with Crippen molar-refractivity contribution < 1.29 is 22.8 Å². The zero-order valence-electron chi connectivity index (χ0n) is 15.9. The van der Waals surface area contributed by atoms with Crippen molar-refractivity contribution >= 4 is 11.8 Å². The van der Waals surface area contributed by atoms with Gasteiger partial charge in [-0.05, 0) is 49.7 Å². The average Bonchev–Trinajstić information content (AvgIpc) is 2.89. The van der Waals surface area contributed by atoms with Crippen LogP contribution >= 0.6 is 0 Å². The molecule has 0 radical (unpaired) electrons. The Hall–Kier alpha value is -2.09. The lowest BCUT2D eigenvalue weighted by Crippen LogP contribution is -2.50. The predicted molar refractivity (Wildman–Crippen MR) is 97.7 cm³/mol. The average molecular weight is 397 g/mol. The monoisotopic (exact) mass is 397 g/mol. The van der Waals surface area contributed by atoms with Crippen molar-refractivity contribution in [2.24, 2.45) is 11.7 Å². The van der Waals surface area contributed by atoms with Crippen LogP contribution in [0.3, 0.4) is 0 Å². The van der Waals surface area contributed by atoms with Crippen LogP contribution in [0.25, 0.3) is 0 Å². The minimum atomic E-state index is -1.21. The fraction of sp³-hybridized carbons (Fsp3) is 0.600. The summed E-state index contributed by atoms with van der Waals surface area (Å²) >= 11 is 0. The lowest BCUT2D eigenvalue weighted by Gasteiger charge is -2.41. The zero-order chi connectivity index (χ0) is 20.4. The molecule has 0 saturated carbocycles. The zero-order valence-corrected chi connectivity index (χ0v) is 15.9. The van der Waals surface area contributed by atoms with Gasteiger partial charge in [-0.3, -0.25) is 9.59 Å². The second-order valence-corrected chi connectivity index (χ2v) is 7.88. The number of hydrogen-bond acceptors (Lipinski definition) is 3. The van der Waals surface area contributed by atoms with Crippen molar-refractivity contribution in [3.63, 3.8) is 0 Å². The first-order valence-corrected chi connectivity index (χ1v) is 9.70. The van der Waals surface area contributed by atoms with E-state index in [1.165, 1.54) is 6.92 Å². The van der Waals surface area contributed by atoms with Gasteiger partial charge in [0.15, 0.2) is 11.6 Å². The van der Waals surface area contributed by atoms with Crippen LogP contribution in [-0.2, 0) is 16.0 Å². The summed E-state index contributed by atoms with van der Waals surface area (Å²) in [5, 5.41) is 2.63. The molecule has 1 aromatic carbocycles. The standard InChI is InChI=1S/C20H26F3N3O2/c1-11(27)25-5-4-20(28)26-14-2-3-15(26)7-13(6-14)19(24)9-12-8-17(22)18(23)10-16(12)21/h8,10,13-15,19H,2-7,9,24H2,1H3,(H,25,27)/t13?,14-,15?,19+/m0/s1. The molecular weight excluding hydrogens is 371 g/mol. The van der Waals surface area contributed by atoms with E-state index >= 15 is 0 Å². The summed E-state index contributed by atoms with van der Waals surface area (Å²) in [6.07, 6.45) is 3.63. The van der Waals surface area contributed by atoms with Crippen LogP contribution in [-0.4, -0.2) is 41.4 Å². The van der Waals surface area contributed by atoms with Gasteiger partial charge in [-0.15, -0.1) is 0 Å². The van der Waals surface area contributed by atoms with E-state index in [2.05, 4.69) is 5.32 Å². The molecule has 154 valence electrons. The van der Waals surface area contributed by atoms with Crippen molar-refractivity contribution in [2.45, 2.75) is 63.6 Å². The second-order valence-electron chi connectivity index (χ2n) is 7.88. The Labute approximate surface area is 162 Å². The Kier molecular flexibility index (Phi) is 6.27. The maximum absolute atomic E-state index is 13.9. The van der Waals surface area contributed by atoms with E-state index in [0.717, 1.165) is 31.7 Å². The van der Waals surface area contributed by atoms with E-state index in [-0.39, 0.29) is 54.3 Å². The molecule has 2 unspecified atom stereocenters. The summed E-state index contributed by atoms with van der Waals surface area (Å²) in [5.41, 5.74) is 6.37. The summed E-state index contributed by atoms with van der Waals surface area (Å²) in [4.78, 5) is 25.4. The summed E-state index contributed by atoms with van der Waals surface area (Å²) in [5.74, 6) is -3.13. The van der Waals surface area contributed by atoms with E-state index in [4.69, 9.17) is 5.73 Å². The van der Waals surface area contributed by atoms with Gasteiger partial charge in [0.25, 0.3) is 0 Å². The molecule has 0 aromatic heterocycles. The minimum absolute atomic E-state index is 0.0277. The Bertz CT molecular complexity index is 744. The number of nitrogens with two attached hydrogens (primary N) is 1. The molecule has 2 amide bonds. The molecule has 0 spiro atoms. The summed E-state index contributed by atoms with van der Waals surface area (Å²) in [6, 6.07) is 1.22. The first-order valence-electron chi connectivity index (χ1n) is 9.70. The van der Waals surface area contributed by atoms with Crippen LogP contribution in [0, 0.1) is 23.4 Å². The molecule has 2 fully saturated rings. The van der Waals surface area contributed by atoms with Gasteiger partial charge in [-0.1, -0.05) is 0 Å². The van der Waals surface area contributed by atoms with Crippen LogP contribution in [0.4, 0.5) is 13.2 Å². The normalized spacial score (nSPS) is 24.9. The number of halogens is 3. The van der Waals surface area contributed by atoms with Crippen LogP contribution < -0.4 is 11.1 Å². The molecule has 2 aliphatic rings. The smallest absolute Gasteiger partial charge is 0.224 e. The maximum Gasteiger partial charge on any atom is 0.224 e. The Morgan fingerprint density at radius 1 is 1.14 bits per heavy atom. The highest BCUT2D eigenvalue weighted by Gasteiger charge is 2.44. The third-order valence-corrected chi connectivity index (χ3v) is 5.92. The molecular formula is C20H26F3N3O2. The third kappa shape index (κ3) is 4.48. The molecule has 2 heterocycles. The molecule has 3 N–H and O–H groups in total. The van der Waals surface area contributed by atoms with Gasteiger partial charge in [-0.2, -0.15) is 0 Å². The minimum Gasteiger partial charge on any atom is -0.356 e. The number of amides is 2. The van der Waals surface area contributed by atoms with Crippen molar-refractivity contribution in [2.75, 3.05) is 6.54 Å². The van der Waals surface area contributed by atoms with Crippen molar-refractivity contribution in [3.05, 3.63) is 35.1 Å². The first-order chi connectivity index (χ1) is 13.3. The fourth-order valence-corrected chi connectivity index (χ4v) is 4.59. The van der Waals surface area contributed by atoms with Crippen LogP contribution in [0.1, 0.15) is 44.6 Å². The van der Waals surface area contributed by atoms with Gasteiger partial charge >= 0.3 is 0 Å². The molecule has 3 rings (SSSR count). The molecule has 2 aliphatic heterocycles. The van der Waals surface area contributed by atoms with Gasteiger partial charge in [0.2, 0.25) is 11.8 Å². The molecule has 0 aliphatic carbocycles. The van der Waals surface area contributed by atoms with Crippen molar-refractivity contribution in [1.82, 2.24) is 10.2 Å². The number of nitrogens with one attached hydrogen (secondary N) is 1. The number of carbonyl (C=O) groups is 2. The Morgan fingerprint density at radius 2 is 1.75 bits per heavy atom. The Morgan fingerprint density at radius 3 is 2.36 bits per heavy atom. The molecule has 8 heteroatoms. The molecule has 2 saturated heterocycles. The highest BCUT2D eigenvalue weighted by molar-refractivity contribution is 5.79. The number of nitrogens with zero attached hydrogens (tertiary/aromatic N) is 1. The number of piperidine rings is 1. The number of carbonyl (C=O) groups excluding carboxylic acids is 2. The van der Waals surface area contributed by atoms with E-state index in [1.807, 2.05) is 4.90 Å². The quantitative estimate of drug-likeness (QED) is 0.723. The van der Waals surface area contributed by atoms with E-state index < -0.39 is 17.5 Å². The summed E-state index contributed by atoms with van der Waals surface area (Å²) in [6.45, 7) is 1.74. The van der Waals surface area contributed by atoms with Gasteiger partial charge in [0, 0.05) is 44.1 Å². The topological polar surface area (TPSA) is 75.4 Å².